The van der Waals surface area contributed by atoms with Crippen molar-refractivity contribution in [3.05, 3.63) is 0 Å². The van der Waals surface area contributed by atoms with E-state index in [1.807, 2.05) is 0 Å². The Labute approximate surface area is 71.1 Å². The number of aliphatic carboxylic acids is 1. The van der Waals surface area contributed by atoms with Gasteiger partial charge in [-0.2, -0.15) is 0 Å². The number of carbonyl (C=O) groups is 1. The standard InChI is InChI=1S/C5H12NO4P.H3N/c6-4(5(8)9)1-2-11(10)3-7;/h4,7,11H,1-3,6H2,(H,8,9);1H3. The maximum Gasteiger partial charge on any atom is 0.320 e. The predicted octanol–water partition coefficient (Wildman–Crippen LogP) is -0.540. The largest absolute Gasteiger partial charge is 0.480 e. The summed E-state index contributed by atoms with van der Waals surface area (Å²) in [5, 5.41) is 16.6. The minimum Gasteiger partial charge on any atom is -0.480 e. The van der Waals surface area contributed by atoms with Gasteiger partial charge in [-0.25, -0.2) is 0 Å². The van der Waals surface area contributed by atoms with E-state index in [9.17, 15) is 9.36 Å². The molecular formula is C5H15N2O4P. The van der Waals surface area contributed by atoms with Gasteiger partial charge in [0.05, 0.1) is 6.35 Å². The maximum atomic E-state index is 10.6. The summed E-state index contributed by atoms with van der Waals surface area (Å²) >= 11 is 0. The number of aliphatic hydroxyl groups excluding tert-OH is 1. The van der Waals surface area contributed by atoms with Gasteiger partial charge in [0, 0.05) is 6.16 Å². The van der Waals surface area contributed by atoms with Crippen LogP contribution in [0.2, 0.25) is 0 Å². The summed E-state index contributed by atoms with van der Waals surface area (Å²) in [6.07, 6.45) is -0.000666. The molecule has 0 aliphatic heterocycles. The predicted molar refractivity (Wildman–Crippen MR) is 46.2 cm³/mol. The Morgan fingerprint density at radius 2 is 2.08 bits per heavy atom. The molecule has 0 saturated heterocycles. The third-order valence-electron chi connectivity index (χ3n) is 1.23. The van der Waals surface area contributed by atoms with Gasteiger partial charge < -0.3 is 26.7 Å². The molecule has 0 spiro atoms. The average molecular weight is 198 g/mol. The summed E-state index contributed by atoms with van der Waals surface area (Å²) in [4.78, 5) is 10.1. The number of nitrogens with two attached hydrogens (primary N) is 1. The summed E-state index contributed by atoms with van der Waals surface area (Å²) in [6, 6.07) is -0.963. The van der Waals surface area contributed by atoms with E-state index in [4.69, 9.17) is 15.9 Å². The second-order valence-electron chi connectivity index (χ2n) is 2.18. The summed E-state index contributed by atoms with van der Waals surface area (Å²) in [5.41, 5.74) is 5.12. The van der Waals surface area contributed by atoms with Crippen molar-refractivity contribution >= 4 is 13.8 Å². The lowest BCUT2D eigenvalue weighted by Crippen LogP contribution is -2.30. The Bertz CT molecular complexity index is 164. The number of hydrogen-bond acceptors (Lipinski definition) is 5. The first-order valence-corrected chi connectivity index (χ1v) is 5.01. The highest BCUT2D eigenvalue weighted by Crippen LogP contribution is 2.19. The zero-order valence-corrected chi connectivity index (χ0v) is 7.69. The highest BCUT2D eigenvalue weighted by molar-refractivity contribution is 7.44. The Morgan fingerprint density at radius 1 is 1.58 bits per heavy atom. The molecule has 0 fully saturated rings. The first-order valence-electron chi connectivity index (χ1n) is 3.19. The first-order chi connectivity index (χ1) is 5.07. The molecule has 7 heteroatoms. The van der Waals surface area contributed by atoms with Gasteiger partial charge in [0.1, 0.15) is 13.8 Å². The fourth-order valence-electron chi connectivity index (χ4n) is 0.519. The highest BCUT2D eigenvalue weighted by atomic mass is 31.1. The first kappa shape index (κ1) is 14.1. The average Bonchev–Trinajstić information content (AvgIpc) is 1.99. The molecule has 2 atom stereocenters. The van der Waals surface area contributed by atoms with Crippen LogP contribution in [0.1, 0.15) is 6.42 Å². The van der Waals surface area contributed by atoms with E-state index in [0.717, 1.165) is 0 Å². The van der Waals surface area contributed by atoms with E-state index in [2.05, 4.69) is 0 Å². The van der Waals surface area contributed by atoms with Crippen molar-refractivity contribution in [2.75, 3.05) is 12.5 Å². The molecule has 0 aliphatic rings. The molecule has 0 amide bonds. The minimum absolute atomic E-state index is 0. The van der Waals surface area contributed by atoms with Crippen molar-refractivity contribution in [1.82, 2.24) is 6.15 Å². The molecule has 74 valence electrons. The topological polar surface area (TPSA) is 136 Å². The molecule has 0 aromatic carbocycles. The highest BCUT2D eigenvalue weighted by Gasteiger charge is 2.11. The molecule has 7 N–H and O–H groups in total. The maximum absolute atomic E-state index is 10.6. The number of carboxylic acids is 1. The Hall–Kier alpha value is -0.420. The smallest absolute Gasteiger partial charge is 0.320 e. The summed E-state index contributed by atoms with van der Waals surface area (Å²) in [7, 11) is -1.99. The van der Waals surface area contributed by atoms with Crippen molar-refractivity contribution in [1.29, 1.82) is 0 Å². The van der Waals surface area contributed by atoms with Crippen molar-refractivity contribution in [2.45, 2.75) is 12.5 Å². The molecule has 0 aromatic rings. The number of hydrogen-bond donors (Lipinski definition) is 4. The van der Waals surface area contributed by atoms with Crippen LogP contribution < -0.4 is 11.9 Å². The molecule has 12 heavy (non-hydrogen) atoms. The van der Waals surface area contributed by atoms with Crippen LogP contribution in [0.3, 0.4) is 0 Å². The van der Waals surface area contributed by atoms with Gasteiger partial charge in [-0.1, -0.05) is 0 Å². The van der Waals surface area contributed by atoms with E-state index in [1.165, 1.54) is 0 Å². The van der Waals surface area contributed by atoms with E-state index < -0.39 is 19.8 Å². The second kappa shape index (κ2) is 7.24. The third-order valence-corrected chi connectivity index (χ3v) is 2.43. The minimum atomic E-state index is -1.99. The van der Waals surface area contributed by atoms with Gasteiger partial charge in [0.15, 0.2) is 0 Å². The van der Waals surface area contributed by atoms with E-state index in [1.54, 1.807) is 0 Å². The van der Waals surface area contributed by atoms with Gasteiger partial charge in [-0.05, 0) is 6.42 Å². The Balaban J connectivity index is 0. The summed E-state index contributed by atoms with van der Waals surface area (Å²) in [6.45, 7) is 0. The van der Waals surface area contributed by atoms with Gasteiger partial charge in [-0.3, -0.25) is 4.79 Å². The lowest BCUT2D eigenvalue weighted by molar-refractivity contribution is -0.138. The molecule has 0 saturated carbocycles. The Morgan fingerprint density at radius 3 is 2.42 bits per heavy atom. The summed E-state index contributed by atoms with van der Waals surface area (Å²) in [5.74, 6) is -1.10. The second-order valence-corrected chi connectivity index (χ2v) is 4.07. The molecule has 0 aromatic heterocycles. The van der Waals surface area contributed by atoms with E-state index >= 15 is 0 Å². The van der Waals surface area contributed by atoms with Gasteiger partial charge in [-0.15, -0.1) is 0 Å². The molecule has 2 unspecified atom stereocenters. The van der Waals surface area contributed by atoms with Gasteiger partial charge in [0.25, 0.3) is 0 Å². The van der Waals surface area contributed by atoms with Crippen LogP contribution in [0.15, 0.2) is 0 Å². The fourth-order valence-corrected chi connectivity index (χ4v) is 1.31. The quantitative estimate of drug-likeness (QED) is 0.438. The molecule has 0 rings (SSSR count). The van der Waals surface area contributed by atoms with E-state index in [0.29, 0.717) is 0 Å². The Kier molecular flexibility index (Phi) is 8.52. The molecule has 0 heterocycles. The van der Waals surface area contributed by atoms with Crippen LogP contribution >= 0.6 is 7.80 Å². The van der Waals surface area contributed by atoms with Crippen LogP contribution in [-0.4, -0.2) is 34.7 Å². The number of rotatable bonds is 5. The summed E-state index contributed by atoms with van der Waals surface area (Å²) < 4.78 is 10.6. The molecule has 0 bridgehead atoms. The van der Waals surface area contributed by atoms with Crippen LogP contribution in [0.25, 0.3) is 0 Å². The molecule has 6 nitrogen and oxygen atoms in total. The van der Waals surface area contributed by atoms with Crippen molar-refractivity contribution < 1.29 is 19.6 Å². The van der Waals surface area contributed by atoms with Crippen molar-refractivity contribution in [3.63, 3.8) is 0 Å². The monoisotopic (exact) mass is 198 g/mol. The number of aliphatic hydroxyl groups is 1. The zero-order chi connectivity index (χ0) is 8.85. The van der Waals surface area contributed by atoms with Crippen LogP contribution in [-0.2, 0) is 9.36 Å². The van der Waals surface area contributed by atoms with Crippen molar-refractivity contribution in [3.8, 4) is 0 Å². The van der Waals surface area contributed by atoms with Crippen LogP contribution in [0, 0.1) is 0 Å². The van der Waals surface area contributed by atoms with Gasteiger partial charge >= 0.3 is 5.97 Å². The van der Waals surface area contributed by atoms with Crippen LogP contribution in [0.5, 0.6) is 0 Å². The molecular weight excluding hydrogens is 183 g/mol. The zero-order valence-electron chi connectivity index (χ0n) is 6.69. The van der Waals surface area contributed by atoms with E-state index in [-0.39, 0.29) is 25.1 Å². The third kappa shape index (κ3) is 6.30. The lowest BCUT2D eigenvalue weighted by Gasteiger charge is -2.03. The normalized spacial score (nSPS) is 14.5. The SMILES string of the molecule is N.NC(CC[PH](=O)CO)C(=O)O. The van der Waals surface area contributed by atoms with Gasteiger partial charge in [0.2, 0.25) is 0 Å². The van der Waals surface area contributed by atoms with Crippen LogP contribution in [0.4, 0.5) is 0 Å². The fraction of sp³-hybridized carbons (Fsp3) is 0.800. The molecule has 0 aliphatic carbocycles. The molecule has 0 radical (unpaired) electrons. The van der Waals surface area contributed by atoms with Crippen molar-refractivity contribution in [2.24, 2.45) is 5.73 Å². The number of carboxylic acid groups (broad SMARTS) is 1. The lowest BCUT2D eigenvalue weighted by atomic mass is 10.2.